The van der Waals surface area contributed by atoms with Crippen LogP contribution in [0.4, 0.5) is 10.5 Å². The number of nitrogens with zero attached hydrogens (tertiary/aromatic N) is 1. The van der Waals surface area contributed by atoms with Crippen molar-refractivity contribution in [1.82, 2.24) is 5.32 Å². The number of halogens is 1. The van der Waals surface area contributed by atoms with Crippen LogP contribution in [-0.4, -0.2) is 24.0 Å². The van der Waals surface area contributed by atoms with Crippen molar-refractivity contribution in [3.8, 4) is 6.07 Å². The van der Waals surface area contributed by atoms with Crippen molar-refractivity contribution in [3.05, 3.63) is 64.7 Å². The first-order valence-corrected chi connectivity index (χ1v) is 8.99. The van der Waals surface area contributed by atoms with Crippen molar-refractivity contribution < 1.29 is 19.1 Å². The third-order valence-electron chi connectivity index (χ3n) is 3.93. The zero-order chi connectivity index (χ0) is 21.4. The fourth-order valence-corrected chi connectivity index (χ4v) is 2.77. The van der Waals surface area contributed by atoms with Gasteiger partial charge in [-0.1, -0.05) is 29.8 Å². The standard InChI is InChI=1S/C20H19ClN4O4/c1-12(19(27)24-14-8-6-13(11-22)7-9-14)29-18(26)10-17(25-20(23)28)15-4-2-3-5-16(15)21/h2-9,12,17H,10H2,1H3,(H,24,27)(H3,23,25,28)/t12-,17-/m0/s1. The van der Waals surface area contributed by atoms with Crippen LogP contribution in [0.15, 0.2) is 48.5 Å². The molecule has 9 heteroatoms. The average Bonchev–Trinajstić information content (AvgIpc) is 2.68. The second-order valence-corrected chi connectivity index (χ2v) is 6.50. The van der Waals surface area contributed by atoms with Crippen LogP contribution < -0.4 is 16.4 Å². The lowest BCUT2D eigenvalue weighted by molar-refractivity contribution is -0.153. The highest BCUT2D eigenvalue weighted by atomic mass is 35.5. The summed E-state index contributed by atoms with van der Waals surface area (Å²) >= 11 is 6.13. The minimum atomic E-state index is -1.08. The lowest BCUT2D eigenvalue weighted by Gasteiger charge is -2.20. The molecule has 0 aromatic heterocycles. The summed E-state index contributed by atoms with van der Waals surface area (Å²) in [4.78, 5) is 35.8. The first-order chi connectivity index (χ1) is 13.8. The van der Waals surface area contributed by atoms with Crippen molar-refractivity contribution in [1.29, 1.82) is 5.26 Å². The van der Waals surface area contributed by atoms with Crippen LogP contribution in [0.2, 0.25) is 5.02 Å². The molecule has 0 unspecified atom stereocenters. The number of anilines is 1. The SMILES string of the molecule is C[C@H](OC(=O)C[C@H](NC(N)=O)c1ccccc1Cl)C(=O)Nc1ccc(C#N)cc1. The van der Waals surface area contributed by atoms with Gasteiger partial charge in [-0.25, -0.2) is 4.79 Å². The third-order valence-corrected chi connectivity index (χ3v) is 4.27. The first-order valence-electron chi connectivity index (χ1n) is 8.61. The molecular formula is C20H19ClN4O4. The summed E-state index contributed by atoms with van der Waals surface area (Å²) in [5, 5.41) is 14.2. The van der Waals surface area contributed by atoms with E-state index in [1.807, 2.05) is 6.07 Å². The Morgan fingerprint density at radius 1 is 1.17 bits per heavy atom. The molecule has 0 saturated heterocycles. The zero-order valence-electron chi connectivity index (χ0n) is 15.5. The van der Waals surface area contributed by atoms with Crippen LogP contribution in [-0.2, 0) is 14.3 Å². The van der Waals surface area contributed by atoms with E-state index in [4.69, 9.17) is 27.3 Å². The lowest BCUT2D eigenvalue weighted by Crippen LogP contribution is -2.36. The molecule has 2 rings (SSSR count). The third kappa shape index (κ3) is 6.52. The maximum atomic E-state index is 12.3. The lowest BCUT2D eigenvalue weighted by atomic mass is 10.0. The molecule has 0 aliphatic carbocycles. The van der Waals surface area contributed by atoms with Crippen molar-refractivity contribution in [2.75, 3.05) is 5.32 Å². The van der Waals surface area contributed by atoms with Crippen LogP contribution >= 0.6 is 11.6 Å². The largest absolute Gasteiger partial charge is 0.452 e. The van der Waals surface area contributed by atoms with Gasteiger partial charge in [0.25, 0.3) is 5.91 Å². The molecule has 0 saturated carbocycles. The van der Waals surface area contributed by atoms with Gasteiger partial charge in [0.15, 0.2) is 6.10 Å². The molecular weight excluding hydrogens is 396 g/mol. The van der Waals surface area contributed by atoms with Crippen LogP contribution in [0, 0.1) is 11.3 Å². The van der Waals surface area contributed by atoms with Gasteiger partial charge >= 0.3 is 12.0 Å². The Morgan fingerprint density at radius 2 is 1.83 bits per heavy atom. The average molecular weight is 415 g/mol. The Balaban J connectivity index is 1.99. The number of amides is 3. The van der Waals surface area contributed by atoms with E-state index in [9.17, 15) is 14.4 Å². The van der Waals surface area contributed by atoms with Gasteiger partial charge in [0.2, 0.25) is 0 Å². The monoisotopic (exact) mass is 414 g/mol. The summed E-state index contributed by atoms with van der Waals surface area (Å²) in [5.41, 5.74) is 6.60. The fraction of sp³-hybridized carbons (Fsp3) is 0.200. The summed E-state index contributed by atoms with van der Waals surface area (Å²) < 4.78 is 5.16. The Bertz CT molecular complexity index is 940. The quantitative estimate of drug-likeness (QED) is 0.599. The molecule has 0 bridgehead atoms. The summed E-state index contributed by atoms with van der Waals surface area (Å²) in [7, 11) is 0. The van der Waals surface area contributed by atoms with E-state index in [0.29, 0.717) is 21.8 Å². The number of carbonyl (C=O) groups is 3. The first kappa shape index (κ1) is 21.7. The van der Waals surface area contributed by atoms with E-state index < -0.39 is 30.1 Å². The number of hydrogen-bond acceptors (Lipinski definition) is 5. The van der Waals surface area contributed by atoms with Crippen LogP contribution in [0.3, 0.4) is 0 Å². The van der Waals surface area contributed by atoms with Gasteiger partial charge in [0, 0.05) is 10.7 Å². The van der Waals surface area contributed by atoms with Crippen molar-refractivity contribution in [2.45, 2.75) is 25.5 Å². The van der Waals surface area contributed by atoms with E-state index in [0.717, 1.165) is 0 Å². The number of nitrogens with one attached hydrogen (secondary N) is 2. The number of hydrogen-bond donors (Lipinski definition) is 3. The van der Waals surface area contributed by atoms with Gasteiger partial charge in [-0.15, -0.1) is 0 Å². The van der Waals surface area contributed by atoms with Gasteiger partial charge in [0.05, 0.1) is 24.1 Å². The molecule has 29 heavy (non-hydrogen) atoms. The molecule has 2 aromatic carbocycles. The zero-order valence-corrected chi connectivity index (χ0v) is 16.3. The number of nitriles is 1. The second kappa shape index (κ2) is 10.1. The van der Waals surface area contributed by atoms with E-state index in [2.05, 4.69) is 10.6 Å². The summed E-state index contributed by atoms with van der Waals surface area (Å²) in [6, 6.07) is 13.3. The molecule has 2 atom stereocenters. The molecule has 150 valence electrons. The number of esters is 1. The summed E-state index contributed by atoms with van der Waals surface area (Å²) in [6.07, 6.45) is -1.35. The predicted octanol–water partition coefficient (Wildman–Crippen LogP) is 2.88. The molecule has 3 amide bonds. The highest BCUT2D eigenvalue weighted by molar-refractivity contribution is 6.31. The van der Waals surface area contributed by atoms with Gasteiger partial charge in [-0.2, -0.15) is 5.26 Å². The second-order valence-electron chi connectivity index (χ2n) is 6.10. The molecule has 2 aromatic rings. The van der Waals surface area contributed by atoms with E-state index in [-0.39, 0.29) is 6.42 Å². The maximum Gasteiger partial charge on any atom is 0.312 e. The van der Waals surface area contributed by atoms with Crippen molar-refractivity contribution >= 4 is 35.2 Å². The number of rotatable bonds is 7. The Kier molecular flexibility index (Phi) is 7.57. The van der Waals surface area contributed by atoms with Crippen molar-refractivity contribution in [2.24, 2.45) is 5.73 Å². The number of urea groups is 1. The van der Waals surface area contributed by atoms with E-state index in [1.165, 1.54) is 6.92 Å². The molecule has 0 fully saturated rings. The minimum absolute atomic E-state index is 0.263. The van der Waals surface area contributed by atoms with Gasteiger partial charge in [-0.05, 0) is 42.8 Å². The molecule has 0 heterocycles. The smallest absolute Gasteiger partial charge is 0.312 e. The highest BCUT2D eigenvalue weighted by Crippen LogP contribution is 2.25. The maximum absolute atomic E-state index is 12.3. The van der Waals surface area contributed by atoms with Gasteiger partial charge < -0.3 is 21.1 Å². The molecule has 0 radical (unpaired) electrons. The number of carbonyl (C=O) groups excluding carboxylic acids is 3. The number of primary amides is 1. The van der Waals surface area contributed by atoms with Crippen LogP contribution in [0.1, 0.15) is 30.5 Å². The van der Waals surface area contributed by atoms with Gasteiger partial charge in [-0.3, -0.25) is 9.59 Å². The van der Waals surface area contributed by atoms with Crippen LogP contribution in [0.5, 0.6) is 0 Å². The predicted molar refractivity (Wildman–Crippen MR) is 107 cm³/mol. The fourth-order valence-electron chi connectivity index (χ4n) is 2.51. The number of benzene rings is 2. The minimum Gasteiger partial charge on any atom is -0.452 e. The van der Waals surface area contributed by atoms with E-state index in [1.54, 1.807) is 48.5 Å². The Hall–Kier alpha value is -3.57. The topological polar surface area (TPSA) is 134 Å². The Morgan fingerprint density at radius 3 is 2.41 bits per heavy atom. The summed E-state index contributed by atoms with van der Waals surface area (Å²) in [5.74, 6) is -1.26. The molecule has 0 aliphatic heterocycles. The molecule has 4 N–H and O–H groups in total. The highest BCUT2D eigenvalue weighted by Gasteiger charge is 2.24. The molecule has 0 aliphatic rings. The number of ether oxygens (including phenoxy) is 1. The van der Waals surface area contributed by atoms with E-state index >= 15 is 0 Å². The summed E-state index contributed by atoms with van der Waals surface area (Å²) in [6.45, 7) is 1.42. The van der Waals surface area contributed by atoms with Crippen molar-refractivity contribution in [3.63, 3.8) is 0 Å². The van der Waals surface area contributed by atoms with Gasteiger partial charge in [0.1, 0.15) is 0 Å². The van der Waals surface area contributed by atoms with Crippen LogP contribution in [0.25, 0.3) is 0 Å². The normalized spacial score (nSPS) is 12.2. The molecule has 8 nitrogen and oxygen atoms in total. The molecule has 0 spiro atoms. The Labute approximate surface area is 172 Å². The number of nitrogens with two attached hydrogens (primary N) is 1.